The molecule has 0 aliphatic heterocycles. The number of hydrogen-bond acceptors (Lipinski definition) is 3. The first-order chi connectivity index (χ1) is 8.61. The highest BCUT2D eigenvalue weighted by Crippen LogP contribution is 2.34. The second-order valence-corrected chi connectivity index (χ2v) is 5.17. The lowest BCUT2D eigenvalue weighted by Gasteiger charge is -2.10. The SMILES string of the molecule is NCc1ccnc(Oc2ccc(Br)cc2Cl)c1Cl. The number of benzene rings is 1. The average Bonchev–Trinajstić information content (AvgIpc) is 2.35. The Bertz CT molecular complexity index is 578. The van der Waals surface area contributed by atoms with Crippen LogP contribution in [0.15, 0.2) is 34.9 Å². The van der Waals surface area contributed by atoms with Crippen LogP contribution in [-0.4, -0.2) is 4.98 Å². The molecule has 0 bridgehead atoms. The molecule has 0 radical (unpaired) electrons. The maximum Gasteiger partial charge on any atom is 0.238 e. The van der Waals surface area contributed by atoms with Gasteiger partial charge in [0.05, 0.1) is 5.02 Å². The second kappa shape index (κ2) is 5.89. The number of halogens is 3. The Labute approximate surface area is 123 Å². The lowest BCUT2D eigenvalue weighted by atomic mass is 10.2. The van der Waals surface area contributed by atoms with E-state index in [0.717, 1.165) is 10.0 Å². The average molecular weight is 348 g/mol. The highest BCUT2D eigenvalue weighted by molar-refractivity contribution is 9.10. The third-order valence-corrected chi connectivity index (χ3v) is 3.45. The van der Waals surface area contributed by atoms with Crippen molar-refractivity contribution >= 4 is 39.1 Å². The molecule has 3 nitrogen and oxygen atoms in total. The minimum atomic E-state index is 0.295. The molecule has 0 spiro atoms. The van der Waals surface area contributed by atoms with E-state index in [1.807, 2.05) is 6.07 Å². The number of nitrogens with zero attached hydrogens (tertiary/aromatic N) is 1. The highest BCUT2D eigenvalue weighted by Gasteiger charge is 2.11. The molecular formula is C12H9BrCl2N2O. The number of hydrogen-bond donors (Lipinski definition) is 1. The van der Waals surface area contributed by atoms with E-state index in [2.05, 4.69) is 20.9 Å². The molecule has 0 aliphatic rings. The smallest absolute Gasteiger partial charge is 0.238 e. The molecule has 0 aliphatic carbocycles. The maximum atomic E-state index is 6.12. The molecule has 1 heterocycles. The number of rotatable bonds is 3. The van der Waals surface area contributed by atoms with Gasteiger partial charge in [-0.3, -0.25) is 0 Å². The van der Waals surface area contributed by atoms with Crippen molar-refractivity contribution in [3.63, 3.8) is 0 Å². The van der Waals surface area contributed by atoms with E-state index in [0.29, 0.717) is 28.2 Å². The van der Waals surface area contributed by atoms with Gasteiger partial charge in [-0.2, -0.15) is 0 Å². The molecule has 2 rings (SSSR count). The first-order valence-corrected chi connectivity index (χ1v) is 6.63. The number of ether oxygens (including phenoxy) is 1. The van der Waals surface area contributed by atoms with Crippen molar-refractivity contribution in [2.24, 2.45) is 5.73 Å². The van der Waals surface area contributed by atoms with E-state index in [4.69, 9.17) is 33.7 Å². The quantitative estimate of drug-likeness (QED) is 0.894. The van der Waals surface area contributed by atoms with Crippen LogP contribution in [0.25, 0.3) is 0 Å². The van der Waals surface area contributed by atoms with Gasteiger partial charge in [0.1, 0.15) is 10.8 Å². The largest absolute Gasteiger partial charge is 0.436 e. The van der Waals surface area contributed by atoms with Gasteiger partial charge in [-0.25, -0.2) is 4.98 Å². The zero-order chi connectivity index (χ0) is 13.1. The van der Waals surface area contributed by atoms with Gasteiger partial charge < -0.3 is 10.5 Å². The number of nitrogens with two attached hydrogens (primary N) is 1. The van der Waals surface area contributed by atoms with Crippen molar-refractivity contribution in [3.05, 3.63) is 50.5 Å². The van der Waals surface area contributed by atoms with Crippen molar-refractivity contribution in [2.75, 3.05) is 0 Å². The predicted octanol–water partition coefficient (Wildman–Crippen LogP) is 4.40. The lowest BCUT2D eigenvalue weighted by Crippen LogP contribution is -1.99. The van der Waals surface area contributed by atoms with Crippen LogP contribution in [0.4, 0.5) is 0 Å². The Hall–Kier alpha value is -0.810. The molecule has 2 aromatic rings. The van der Waals surface area contributed by atoms with Gasteiger partial charge in [0.15, 0.2) is 0 Å². The van der Waals surface area contributed by atoms with Gasteiger partial charge in [-0.05, 0) is 29.8 Å². The molecule has 1 aromatic heterocycles. The molecule has 0 saturated carbocycles. The minimum absolute atomic E-state index is 0.295. The van der Waals surface area contributed by atoms with Gasteiger partial charge in [0, 0.05) is 17.2 Å². The molecule has 0 unspecified atom stereocenters. The molecule has 94 valence electrons. The number of aromatic nitrogens is 1. The standard InChI is InChI=1S/C12H9BrCl2N2O/c13-8-1-2-10(9(14)5-8)18-12-11(15)7(6-16)3-4-17-12/h1-5H,6,16H2. The van der Waals surface area contributed by atoms with E-state index in [1.54, 1.807) is 24.4 Å². The molecule has 0 fully saturated rings. The molecule has 0 saturated heterocycles. The van der Waals surface area contributed by atoms with Crippen molar-refractivity contribution in [2.45, 2.75) is 6.54 Å². The van der Waals surface area contributed by atoms with Crippen LogP contribution in [0.2, 0.25) is 10.0 Å². The summed E-state index contributed by atoms with van der Waals surface area (Å²) in [7, 11) is 0. The van der Waals surface area contributed by atoms with E-state index < -0.39 is 0 Å². The van der Waals surface area contributed by atoms with Crippen molar-refractivity contribution in [1.82, 2.24) is 4.98 Å². The van der Waals surface area contributed by atoms with Gasteiger partial charge in [0.2, 0.25) is 5.88 Å². The normalized spacial score (nSPS) is 10.4. The van der Waals surface area contributed by atoms with E-state index in [-0.39, 0.29) is 0 Å². The fraction of sp³-hybridized carbons (Fsp3) is 0.0833. The van der Waals surface area contributed by atoms with Crippen LogP contribution in [0.3, 0.4) is 0 Å². The fourth-order valence-corrected chi connectivity index (χ4v) is 2.29. The second-order valence-electron chi connectivity index (χ2n) is 3.47. The van der Waals surface area contributed by atoms with Gasteiger partial charge >= 0.3 is 0 Å². The Kier molecular flexibility index (Phi) is 4.45. The van der Waals surface area contributed by atoms with Gasteiger partial charge in [-0.15, -0.1) is 0 Å². The summed E-state index contributed by atoms with van der Waals surface area (Å²) in [6.45, 7) is 0.325. The topological polar surface area (TPSA) is 48.1 Å². The van der Waals surface area contributed by atoms with Crippen molar-refractivity contribution < 1.29 is 4.74 Å². The van der Waals surface area contributed by atoms with E-state index >= 15 is 0 Å². The van der Waals surface area contributed by atoms with Crippen molar-refractivity contribution in [3.8, 4) is 11.6 Å². The summed E-state index contributed by atoms with van der Waals surface area (Å²) in [5.74, 6) is 0.785. The van der Waals surface area contributed by atoms with Gasteiger partial charge in [-0.1, -0.05) is 39.1 Å². The molecule has 1 aromatic carbocycles. The third-order valence-electron chi connectivity index (χ3n) is 2.26. The van der Waals surface area contributed by atoms with Crippen molar-refractivity contribution in [1.29, 1.82) is 0 Å². The molecule has 6 heteroatoms. The fourth-order valence-electron chi connectivity index (χ4n) is 1.35. The maximum absolute atomic E-state index is 6.12. The Morgan fingerprint density at radius 3 is 2.72 bits per heavy atom. The highest BCUT2D eigenvalue weighted by atomic mass is 79.9. The molecule has 0 amide bonds. The lowest BCUT2D eigenvalue weighted by molar-refractivity contribution is 0.462. The first kappa shape index (κ1) is 13.6. The van der Waals surface area contributed by atoms with Crippen LogP contribution in [-0.2, 0) is 6.54 Å². The van der Waals surface area contributed by atoms with Gasteiger partial charge in [0.25, 0.3) is 0 Å². The molecule has 2 N–H and O–H groups in total. The summed E-state index contributed by atoms with van der Waals surface area (Å²) in [6.07, 6.45) is 1.59. The molecule has 0 atom stereocenters. The molecule has 18 heavy (non-hydrogen) atoms. The van der Waals surface area contributed by atoms with Crippen LogP contribution < -0.4 is 10.5 Å². The zero-order valence-corrected chi connectivity index (χ0v) is 12.3. The Balaban J connectivity index is 2.34. The minimum Gasteiger partial charge on any atom is -0.436 e. The number of pyridine rings is 1. The Morgan fingerprint density at radius 2 is 2.06 bits per heavy atom. The molecular weight excluding hydrogens is 339 g/mol. The predicted molar refractivity (Wildman–Crippen MR) is 76.4 cm³/mol. The monoisotopic (exact) mass is 346 g/mol. The first-order valence-electron chi connectivity index (χ1n) is 5.08. The zero-order valence-electron chi connectivity index (χ0n) is 9.16. The third kappa shape index (κ3) is 2.95. The summed E-state index contributed by atoms with van der Waals surface area (Å²) >= 11 is 15.5. The summed E-state index contributed by atoms with van der Waals surface area (Å²) < 4.78 is 6.46. The Morgan fingerprint density at radius 1 is 1.28 bits per heavy atom. The van der Waals surface area contributed by atoms with Crippen LogP contribution in [0.5, 0.6) is 11.6 Å². The van der Waals surface area contributed by atoms with Crippen LogP contribution >= 0.6 is 39.1 Å². The van der Waals surface area contributed by atoms with Crippen LogP contribution in [0.1, 0.15) is 5.56 Å². The summed E-state index contributed by atoms with van der Waals surface area (Å²) in [6, 6.07) is 7.04. The summed E-state index contributed by atoms with van der Waals surface area (Å²) in [4.78, 5) is 4.07. The van der Waals surface area contributed by atoms with Crippen LogP contribution in [0, 0.1) is 0 Å². The summed E-state index contributed by atoms with van der Waals surface area (Å²) in [5, 5.41) is 0.874. The van der Waals surface area contributed by atoms with E-state index in [1.165, 1.54) is 0 Å². The summed E-state index contributed by atoms with van der Waals surface area (Å²) in [5.41, 5.74) is 6.34. The van der Waals surface area contributed by atoms with E-state index in [9.17, 15) is 0 Å².